The quantitative estimate of drug-likeness (QED) is 0.721. The summed E-state index contributed by atoms with van der Waals surface area (Å²) in [5, 5.41) is 0. The second kappa shape index (κ2) is 9.86. The summed E-state index contributed by atoms with van der Waals surface area (Å²) in [6, 6.07) is 10.8. The summed E-state index contributed by atoms with van der Waals surface area (Å²) in [4.78, 5) is 21.9. The maximum Gasteiger partial charge on any atom is 0.222 e. The fraction of sp³-hybridized carbons (Fsp3) is 0.696. The summed E-state index contributed by atoms with van der Waals surface area (Å²) in [7, 11) is 0. The van der Waals surface area contributed by atoms with Gasteiger partial charge in [0.05, 0.1) is 0 Å². The standard InChI is InChI=1S/C23H36N4O/c28-23-9-5-11-27(23)20-22-8-4-10-25(19-22)15-12-24-13-16-26(17-14-24)18-21-6-2-1-3-7-21/h1-3,6-7,22H,4-5,8-20H2/t22-/m1/s1. The van der Waals surface area contributed by atoms with Gasteiger partial charge in [0.15, 0.2) is 0 Å². The van der Waals surface area contributed by atoms with Gasteiger partial charge in [-0.1, -0.05) is 30.3 Å². The molecule has 0 aliphatic carbocycles. The van der Waals surface area contributed by atoms with Crippen LogP contribution in [0.4, 0.5) is 0 Å². The van der Waals surface area contributed by atoms with E-state index in [1.807, 2.05) is 0 Å². The van der Waals surface area contributed by atoms with Gasteiger partial charge in [-0.15, -0.1) is 0 Å². The molecule has 1 amide bonds. The molecular weight excluding hydrogens is 348 g/mol. The third kappa shape index (κ3) is 5.56. The lowest BCUT2D eigenvalue weighted by molar-refractivity contribution is -0.128. The molecule has 0 saturated carbocycles. The molecular formula is C23H36N4O. The zero-order valence-electron chi connectivity index (χ0n) is 17.3. The molecule has 0 bridgehead atoms. The van der Waals surface area contributed by atoms with Gasteiger partial charge in [-0.3, -0.25) is 14.6 Å². The second-order valence-corrected chi connectivity index (χ2v) is 8.86. The molecule has 1 atom stereocenters. The zero-order chi connectivity index (χ0) is 19.2. The monoisotopic (exact) mass is 384 g/mol. The number of amides is 1. The molecule has 0 aromatic heterocycles. The number of carbonyl (C=O) groups excluding carboxylic acids is 1. The molecule has 4 rings (SSSR count). The van der Waals surface area contributed by atoms with E-state index >= 15 is 0 Å². The van der Waals surface area contributed by atoms with Crippen molar-refractivity contribution < 1.29 is 4.79 Å². The molecule has 154 valence electrons. The van der Waals surface area contributed by atoms with E-state index in [1.165, 1.54) is 70.8 Å². The summed E-state index contributed by atoms with van der Waals surface area (Å²) in [6.07, 6.45) is 4.41. The molecule has 1 aromatic rings. The van der Waals surface area contributed by atoms with Gasteiger partial charge in [-0.25, -0.2) is 0 Å². The Balaban J connectivity index is 1.14. The van der Waals surface area contributed by atoms with Crippen LogP contribution in [-0.4, -0.2) is 91.0 Å². The molecule has 1 aromatic carbocycles. The third-order valence-corrected chi connectivity index (χ3v) is 6.70. The lowest BCUT2D eigenvalue weighted by atomic mass is 9.97. The Hall–Kier alpha value is -1.43. The van der Waals surface area contributed by atoms with E-state index < -0.39 is 0 Å². The number of hydrogen-bond donors (Lipinski definition) is 0. The van der Waals surface area contributed by atoms with Crippen molar-refractivity contribution in [3.8, 4) is 0 Å². The van der Waals surface area contributed by atoms with Gasteiger partial charge in [0.1, 0.15) is 0 Å². The Bertz CT molecular complexity index is 614. The van der Waals surface area contributed by atoms with Gasteiger partial charge in [-0.2, -0.15) is 0 Å². The maximum atomic E-state index is 11.9. The first-order valence-corrected chi connectivity index (χ1v) is 11.2. The molecule has 3 heterocycles. The largest absolute Gasteiger partial charge is 0.342 e. The first kappa shape index (κ1) is 19.9. The van der Waals surface area contributed by atoms with Crippen LogP contribution in [0.5, 0.6) is 0 Å². The molecule has 5 nitrogen and oxygen atoms in total. The van der Waals surface area contributed by atoms with Gasteiger partial charge in [0, 0.05) is 71.9 Å². The minimum Gasteiger partial charge on any atom is -0.342 e. The molecule has 3 fully saturated rings. The Morgan fingerprint density at radius 2 is 1.57 bits per heavy atom. The Morgan fingerprint density at radius 1 is 0.821 bits per heavy atom. The van der Waals surface area contributed by atoms with Crippen molar-refractivity contribution in [3.63, 3.8) is 0 Å². The van der Waals surface area contributed by atoms with Crippen LogP contribution in [0.3, 0.4) is 0 Å². The van der Waals surface area contributed by atoms with E-state index in [0.29, 0.717) is 11.8 Å². The lowest BCUT2D eigenvalue weighted by Crippen LogP contribution is -2.49. The van der Waals surface area contributed by atoms with Crippen molar-refractivity contribution in [3.05, 3.63) is 35.9 Å². The Kier molecular flexibility index (Phi) is 7.00. The fourth-order valence-electron chi connectivity index (χ4n) is 5.01. The van der Waals surface area contributed by atoms with Gasteiger partial charge in [-0.05, 0) is 37.3 Å². The average Bonchev–Trinajstić information content (AvgIpc) is 3.13. The van der Waals surface area contributed by atoms with Crippen molar-refractivity contribution in [1.82, 2.24) is 19.6 Å². The summed E-state index contributed by atoms with van der Waals surface area (Å²) in [5.74, 6) is 1.06. The number of likely N-dealkylation sites (tertiary alicyclic amines) is 2. The number of carbonyl (C=O) groups is 1. The highest BCUT2D eigenvalue weighted by Crippen LogP contribution is 2.20. The highest BCUT2D eigenvalue weighted by Gasteiger charge is 2.27. The first-order chi connectivity index (χ1) is 13.8. The second-order valence-electron chi connectivity index (χ2n) is 8.86. The van der Waals surface area contributed by atoms with Gasteiger partial charge in [0.2, 0.25) is 5.91 Å². The van der Waals surface area contributed by atoms with Crippen molar-refractivity contribution in [2.24, 2.45) is 5.92 Å². The van der Waals surface area contributed by atoms with Crippen LogP contribution in [0.25, 0.3) is 0 Å². The van der Waals surface area contributed by atoms with Crippen molar-refractivity contribution in [1.29, 1.82) is 0 Å². The molecule has 0 spiro atoms. The average molecular weight is 385 g/mol. The number of piperidine rings is 1. The SMILES string of the molecule is O=C1CCCN1C[C@@H]1CCCN(CCN2CCN(Cc3ccccc3)CC2)C1. The normalized spacial score (nSPS) is 25.5. The van der Waals surface area contributed by atoms with Crippen LogP contribution in [0.2, 0.25) is 0 Å². The summed E-state index contributed by atoms with van der Waals surface area (Å²) in [6.45, 7) is 12.6. The predicted molar refractivity (Wildman–Crippen MR) is 113 cm³/mol. The van der Waals surface area contributed by atoms with Crippen LogP contribution in [0.15, 0.2) is 30.3 Å². The molecule has 3 aliphatic heterocycles. The highest BCUT2D eigenvalue weighted by atomic mass is 16.2. The van der Waals surface area contributed by atoms with Crippen LogP contribution < -0.4 is 0 Å². The van der Waals surface area contributed by atoms with Gasteiger partial charge >= 0.3 is 0 Å². The van der Waals surface area contributed by atoms with Crippen LogP contribution in [0, 0.1) is 5.92 Å². The summed E-state index contributed by atoms with van der Waals surface area (Å²) < 4.78 is 0. The number of piperazine rings is 1. The number of rotatable bonds is 7. The number of nitrogens with zero attached hydrogens (tertiary/aromatic N) is 4. The molecule has 0 unspecified atom stereocenters. The molecule has 28 heavy (non-hydrogen) atoms. The lowest BCUT2D eigenvalue weighted by Gasteiger charge is -2.38. The van der Waals surface area contributed by atoms with E-state index in [9.17, 15) is 4.79 Å². The summed E-state index contributed by atoms with van der Waals surface area (Å²) in [5.41, 5.74) is 1.42. The van der Waals surface area contributed by atoms with E-state index in [1.54, 1.807) is 0 Å². The fourth-order valence-corrected chi connectivity index (χ4v) is 5.01. The van der Waals surface area contributed by atoms with Crippen LogP contribution in [-0.2, 0) is 11.3 Å². The van der Waals surface area contributed by atoms with E-state index in [2.05, 4.69) is 49.9 Å². The molecule has 3 aliphatic rings. The smallest absolute Gasteiger partial charge is 0.222 e. The minimum atomic E-state index is 0.380. The molecule has 0 radical (unpaired) electrons. The molecule has 3 saturated heterocycles. The molecule has 0 N–H and O–H groups in total. The van der Waals surface area contributed by atoms with Crippen LogP contribution >= 0.6 is 0 Å². The predicted octanol–water partition coefficient (Wildman–Crippen LogP) is 2.14. The van der Waals surface area contributed by atoms with Crippen molar-refractivity contribution in [2.45, 2.75) is 32.2 Å². The van der Waals surface area contributed by atoms with Crippen LogP contribution in [0.1, 0.15) is 31.2 Å². The van der Waals surface area contributed by atoms with E-state index in [0.717, 1.165) is 32.5 Å². The third-order valence-electron chi connectivity index (χ3n) is 6.70. The topological polar surface area (TPSA) is 30.0 Å². The number of benzene rings is 1. The van der Waals surface area contributed by atoms with E-state index in [-0.39, 0.29) is 0 Å². The van der Waals surface area contributed by atoms with E-state index in [4.69, 9.17) is 0 Å². The molecule has 5 heteroatoms. The number of hydrogen-bond acceptors (Lipinski definition) is 4. The maximum absolute atomic E-state index is 11.9. The first-order valence-electron chi connectivity index (χ1n) is 11.2. The Morgan fingerprint density at radius 3 is 2.32 bits per heavy atom. The Labute approximate surface area is 170 Å². The highest BCUT2D eigenvalue weighted by molar-refractivity contribution is 5.78. The minimum absolute atomic E-state index is 0.380. The van der Waals surface area contributed by atoms with Crippen molar-refractivity contribution >= 4 is 5.91 Å². The van der Waals surface area contributed by atoms with Crippen molar-refractivity contribution in [2.75, 3.05) is 65.4 Å². The van der Waals surface area contributed by atoms with Gasteiger partial charge < -0.3 is 9.80 Å². The zero-order valence-corrected chi connectivity index (χ0v) is 17.3. The summed E-state index contributed by atoms with van der Waals surface area (Å²) >= 11 is 0. The van der Waals surface area contributed by atoms with Gasteiger partial charge in [0.25, 0.3) is 0 Å².